The van der Waals surface area contributed by atoms with Gasteiger partial charge in [0.05, 0.1) is 5.56 Å². The van der Waals surface area contributed by atoms with Gasteiger partial charge >= 0.3 is 5.97 Å². The number of esters is 1. The van der Waals surface area contributed by atoms with Crippen LogP contribution in [0.5, 0.6) is 17.2 Å². The van der Waals surface area contributed by atoms with Crippen molar-refractivity contribution in [1.29, 1.82) is 0 Å². The third kappa shape index (κ3) is 4.08. The summed E-state index contributed by atoms with van der Waals surface area (Å²) >= 11 is 0. The highest BCUT2D eigenvalue weighted by Crippen LogP contribution is 2.40. The van der Waals surface area contributed by atoms with Crippen LogP contribution in [0.3, 0.4) is 0 Å². The van der Waals surface area contributed by atoms with Gasteiger partial charge in [0.1, 0.15) is 12.4 Å². The van der Waals surface area contributed by atoms with Gasteiger partial charge in [-0.05, 0) is 40.7 Å². The van der Waals surface area contributed by atoms with Gasteiger partial charge in [-0.1, -0.05) is 47.6 Å². The van der Waals surface area contributed by atoms with Crippen LogP contribution in [0.25, 0.3) is 0 Å². The summed E-state index contributed by atoms with van der Waals surface area (Å²) in [6.07, 6.45) is 0. The molecular formula is C23H28O5. The Balaban J connectivity index is 1.86. The number of carbonyl (C=O) groups excluding carboxylic acids is 1. The molecule has 150 valence electrons. The molecule has 28 heavy (non-hydrogen) atoms. The standard InChI is InChI=1S/C23H28O5/c1-22(2,3)16-10-15(11-17(20(16)24)23(4,5)6)21(25)26-12-14-7-8-18-19(9-14)28-13-27-18/h7-11,24H,12-13H2,1-6H3. The maximum Gasteiger partial charge on any atom is 0.338 e. The van der Waals surface area contributed by atoms with E-state index in [9.17, 15) is 9.90 Å². The Bertz CT molecular complexity index is 865. The molecule has 0 saturated heterocycles. The average Bonchev–Trinajstić information content (AvgIpc) is 3.05. The third-order valence-corrected chi connectivity index (χ3v) is 4.77. The molecule has 1 heterocycles. The van der Waals surface area contributed by atoms with Crippen LogP contribution >= 0.6 is 0 Å². The van der Waals surface area contributed by atoms with E-state index in [2.05, 4.69) is 0 Å². The molecule has 0 radical (unpaired) electrons. The van der Waals surface area contributed by atoms with Crippen LogP contribution in [0.1, 0.15) is 68.6 Å². The van der Waals surface area contributed by atoms with E-state index < -0.39 is 5.97 Å². The van der Waals surface area contributed by atoms with Crippen molar-refractivity contribution in [2.45, 2.75) is 59.0 Å². The number of hydrogen-bond donors (Lipinski definition) is 1. The first-order valence-electron chi connectivity index (χ1n) is 9.40. The highest BCUT2D eigenvalue weighted by molar-refractivity contribution is 5.90. The molecule has 0 unspecified atom stereocenters. The zero-order valence-corrected chi connectivity index (χ0v) is 17.4. The zero-order valence-electron chi connectivity index (χ0n) is 17.4. The van der Waals surface area contributed by atoms with Crippen LogP contribution in [-0.4, -0.2) is 17.9 Å². The molecule has 0 aromatic heterocycles. The van der Waals surface area contributed by atoms with Gasteiger partial charge in [-0.15, -0.1) is 0 Å². The second kappa shape index (κ2) is 7.04. The van der Waals surface area contributed by atoms with Crippen LogP contribution in [0.4, 0.5) is 0 Å². The smallest absolute Gasteiger partial charge is 0.338 e. The molecule has 1 aliphatic rings. The number of benzene rings is 2. The molecule has 1 N–H and O–H groups in total. The lowest BCUT2D eigenvalue weighted by Crippen LogP contribution is -2.19. The molecule has 1 aliphatic heterocycles. The largest absolute Gasteiger partial charge is 0.507 e. The van der Waals surface area contributed by atoms with Crippen LogP contribution in [-0.2, 0) is 22.2 Å². The van der Waals surface area contributed by atoms with Gasteiger partial charge in [-0.2, -0.15) is 0 Å². The minimum Gasteiger partial charge on any atom is -0.507 e. The van der Waals surface area contributed by atoms with Crippen molar-refractivity contribution in [1.82, 2.24) is 0 Å². The molecule has 0 fully saturated rings. The summed E-state index contributed by atoms with van der Waals surface area (Å²) in [6.45, 7) is 12.4. The number of carbonyl (C=O) groups is 1. The summed E-state index contributed by atoms with van der Waals surface area (Å²) < 4.78 is 16.2. The van der Waals surface area contributed by atoms with E-state index in [1.54, 1.807) is 12.1 Å². The summed E-state index contributed by atoms with van der Waals surface area (Å²) in [5.41, 5.74) is 2.11. The van der Waals surface area contributed by atoms with Gasteiger partial charge in [0.25, 0.3) is 0 Å². The van der Waals surface area contributed by atoms with Crippen molar-refractivity contribution in [3.8, 4) is 17.2 Å². The van der Waals surface area contributed by atoms with E-state index in [0.717, 1.165) is 16.7 Å². The number of ether oxygens (including phenoxy) is 3. The lowest BCUT2D eigenvalue weighted by Gasteiger charge is -2.28. The van der Waals surface area contributed by atoms with Crippen molar-refractivity contribution in [3.05, 3.63) is 52.6 Å². The second-order valence-electron chi connectivity index (χ2n) is 9.18. The third-order valence-electron chi connectivity index (χ3n) is 4.77. The van der Waals surface area contributed by atoms with Gasteiger partial charge in [-0.3, -0.25) is 0 Å². The fraction of sp³-hybridized carbons (Fsp3) is 0.435. The highest BCUT2D eigenvalue weighted by Gasteiger charge is 2.28. The predicted octanol–water partition coefficient (Wildman–Crippen LogP) is 5.07. The molecule has 2 aromatic carbocycles. The maximum atomic E-state index is 12.8. The van der Waals surface area contributed by atoms with E-state index in [4.69, 9.17) is 14.2 Å². The van der Waals surface area contributed by atoms with Gasteiger partial charge in [0, 0.05) is 11.1 Å². The predicted molar refractivity (Wildman–Crippen MR) is 107 cm³/mol. The normalized spacial score (nSPS) is 13.5. The first-order valence-corrected chi connectivity index (χ1v) is 9.40. The topological polar surface area (TPSA) is 65.0 Å². The van der Waals surface area contributed by atoms with Crippen molar-refractivity contribution < 1.29 is 24.1 Å². The molecule has 0 amide bonds. The van der Waals surface area contributed by atoms with E-state index in [-0.39, 0.29) is 30.0 Å². The van der Waals surface area contributed by atoms with Crippen molar-refractivity contribution >= 4 is 5.97 Å². The first-order chi connectivity index (χ1) is 13.0. The number of aromatic hydroxyl groups is 1. The monoisotopic (exact) mass is 384 g/mol. The molecule has 0 spiro atoms. The van der Waals surface area contributed by atoms with Gasteiger partial charge in [-0.25, -0.2) is 4.79 Å². The molecule has 3 rings (SSSR count). The fourth-order valence-corrected chi connectivity index (χ4v) is 3.16. The van der Waals surface area contributed by atoms with Crippen molar-refractivity contribution in [2.75, 3.05) is 6.79 Å². The van der Waals surface area contributed by atoms with E-state index in [1.807, 2.05) is 59.7 Å². The highest BCUT2D eigenvalue weighted by atomic mass is 16.7. The molecule has 2 aromatic rings. The Hall–Kier alpha value is -2.69. The first kappa shape index (κ1) is 20.1. The minimum absolute atomic E-state index is 0.131. The van der Waals surface area contributed by atoms with Crippen molar-refractivity contribution in [3.63, 3.8) is 0 Å². The Labute approximate surface area is 166 Å². The summed E-state index contributed by atoms with van der Waals surface area (Å²) in [4.78, 5) is 12.8. The van der Waals surface area contributed by atoms with Gasteiger partial charge in [0.15, 0.2) is 11.5 Å². The maximum absolute atomic E-state index is 12.8. The fourth-order valence-electron chi connectivity index (χ4n) is 3.16. The number of hydrogen-bond acceptors (Lipinski definition) is 5. The molecular weight excluding hydrogens is 356 g/mol. The average molecular weight is 384 g/mol. The molecule has 0 aliphatic carbocycles. The van der Waals surface area contributed by atoms with Crippen LogP contribution in [0.2, 0.25) is 0 Å². The number of rotatable bonds is 3. The SMILES string of the molecule is CC(C)(C)c1cc(C(=O)OCc2ccc3c(c2)OCO3)cc(C(C)(C)C)c1O. The molecule has 0 saturated carbocycles. The Morgan fingerprint density at radius 2 is 1.54 bits per heavy atom. The number of fused-ring (bicyclic) bond motifs is 1. The number of phenols is 1. The lowest BCUT2D eigenvalue weighted by molar-refractivity contribution is 0.0472. The lowest BCUT2D eigenvalue weighted by atomic mass is 9.78. The van der Waals surface area contributed by atoms with Gasteiger partial charge in [0.2, 0.25) is 6.79 Å². The van der Waals surface area contributed by atoms with E-state index in [1.165, 1.54) is 0 Å². The molecule has 5 heteroatoms. The van der Waals surface area contributed by atoms with Crippen LogP contribution in [0, 0.1) is 0 Å². The van der Waals surface area contributed by atoms with Crippen LogP contribution < -0.4 is 9.47 Å². The van der Waals surface area contributed by atoms with Crippen LogP contribution in [0.15, 0.2) is 30.3 Å². The minimum atomic E-state index is -0.423. The summed E-state index contributed by atoms with van der Waals surface area (Å²) in [5.74, 6) is 1.17. The summed E-state index contributed by atoms with van der Waals surface area (Å²) in [6, 6.07) is 8.92. The summed E-state index contributed by atoms with van der Waals surface area (Å²) in [7, 11) is 0. The summed E-state index contributed by atoms with van der Waals surface area (Å²) in [5, 5.41) is 10.8. The zero-order chi connectivity index (χ0) is 20.7. The quantitative estimate of drug-likeness (QED) is 0.748. The second-order valence-corrected chi connectivity index (χ2v) is 9.18. The van der Waals surface area contributed by atoms with E-state index in [0.29, 0.717) is 17.1 Å². The molecule has 0 atom stereocenters. The number of phenolic OH excluding ortho intramolecular Hbond substituents is 1. The van der Waals surface area contributed by atoms with Crippen molar-refractivity contribution in [2.24, 2.45) is 0 Å². The Morgan fingerprint density at radius 1 is 0.964 bits per heavy atom. The van der Waals surface area contributed by atoms with Gasteiger partial charge < -0.3 is 19.3 Å². The molecule has 0 bridgehead atoms. The molecule has 5 nitrogen and oxygen atoms in total. The Morgan fingerprint density at radius 3 is 2.11 bits per heavy atom. The van der Waals surface area contributed by atoms with E-state index >= 15 is 0 Å². The Kier molecular flexibility index (Phi) is 5.04.